The molecule has 0 aliphatic rings. The van der Waals surface area contributed by atoms with Crippen molar-refractivity contribution >= 4 is 44.0 Å². The quantitative estimate of drug-likeness (QED) is 0.121. The average molecular weight is 687 g/mol. The molecule has 216 valence electrons. The van der Waals surface area contributed by atoms with Crippen LogP contribution in [-0.2, 0) is 30.8 Å². The summed E-state index contributed by atoms with van der Waals surface area (Å²) < 4.78 is 0. The third kappa shape index (κ3) is 8.90. The molecule has 0 nitrogen and oxygen atoms in total. The number of hydrogen-bond donors (Lipinski definition) is 0. The van der Waals surface area contributed by atoms with Crippen LogP contribution in [0.4, 0.5) is 0 Å². The Bertz CT molecular complexity index is 1590. The van der Waals surface area contributed by atoms with Crippen LogP contribution in [0.5, 0.6) is 0 Å². The van der Waals surface area contributed by atoms with E-state index in [9.17, 15) is 0 Å². The molecule has 6 aromatic rings. The Labute approximate surface area is 267 Å². The minimum atomic E-state index is -1.65. The van der Waals surface area contributed by atoms with E-state index >= 15 is 0 Å². The molecule has 0 bridgehead atoms. The molecular weight excluding hydrogens is 647 g/mol. The van der Waals surface area contributed by atoms with Crippen molar-refractivity contribution in [3.05, 3.63) is 132 Å². The fourth-order valence-corrected chi connectivity index (χ4v) is 5.20. The second-order valence-electron chi connectivity index (χ2n) is 10.8. The molecule has 42 heavy (non-hydrogen) atoms. The van der Waals surface area contributed by atoms with Gasteiger partial charge < -0.3 is 0 Å². The first-order valence-electron chi connectivity index (χ1n) is 14.9. The predicted octanol–water partition coefficient (Wildman–Crippen LogP) is 12.5. The zero-order valence-corrected chi connectivity index (χ0v) is 30.1. The third-order valence-corrected chi connectivity index (χ3v) is 27.0. The summed E-state index contributed by atoms with van der Waals surface area (Å²) in [5.41, 5.74) is 7.98. The molecule has 0 aliphatic heterocycles. The van der Waals surface area contributed by atoms with E-state index in [4.69, 9.17) is 17.0 Å². The summed E-state index contributed by atoms with van der Waals surface area (Å²) in [7, 11) is 11.2. The Kier molecular flexibility index (Phi) is 12.9. The van der Waals surface area contributed by atoms with Gasteiger partial charge >= 0.3 is 53.5 Å². The van der Waals surface area contributed by atoms with Crippen molar-refractivity contribution in [1.82, 2.24) is 0 Å². The van der Waals surface area contributed by atoms with Crippen molar-refractivity contribution in [2.45, 2.75) is 52.6 Å². The molecule has 0 atom stereocenters. The van der Waals surface area contributed by atoms with Crippen LogP contribution in [0.15, 0.2) is 121 Å². The first-order chi connectivity index (χ1) is 20.4. The molecule has 0 amide bonds. The molecule has 0 spiro atoms. The van der Waals surface area contributed by atoms with Crippen molar-refractivity contribution in [1.29, 1.82) is 0 Å². The molecular formula is C38H40Cl2SiZr-2. The first kappa shape index (κ1) is 32.7. The maximum atomic E-state index is 5.62. The van der Waals surface area contributed by atoms with Crippen molar-refractivity contribution in [3.63, 3.8) is 0 Å². The van der Waals surface area contributed by atoms with Gasteiger partial charge in [0, 0.05) is 0 Å². The van der Waals surface area contributed by atoms with Crippen LogP contribution in [0.1, 0.15) is 37.8 Å². The van der Waals surface area contributed by atoms with E-state index in [-0.39, 0.29) is 5.43 Å². The van der Waals surface area contributed by atoms with Gasteiger partial charge in [-0.1, -0.05) is 111 Å². The van der Waals surface area contributed by atoms with Gasteiger partial charge in [-0.25, -0.2) is 0 Å². The number of halogens is 2. The van der Waals surface area contributed by atoms with Crippen LogP contribution in [0.25, 0.3) is 43.8 Å². The molecule has 6 rings (SSSR count). The van der Waals surface area contributed by atoms with Gasteiger partial charge in [0.05, 0.1) is 0 Å². The summed E-state index contributed by atoms with van der Waals surface area (Å²) in [6, 6.07) is 43.8. The zero-order chi connectivity index (χ0) is 29.9. The van der Waals surface area contributed by atoms with Gasteiger partial charge in [0.1, 0.15) is 0 Å². The van der Waals surface area contributed by atoms with Gasteiger partial charge in [0.2, 0.25) is 0 Å². The minimum absolute atomic E-state index is 0.224. The Balaban J connectivity index is 0.000000162. The number of fused-ring (bicyclic) bond motifs is 2. The molecule has 6 aromatic carbocycles. The summed E-state index contributed by atoms with van der Waals surface area (Å²) in [5.74, 6) is 0. The summed E-state index contributed by atoms with van der Waals surface area (Å²) in [6.07, 6.45) is 4.75. The standard InChI is InChI=1S/2C18H17.C2H6Si.2ClH.Zr/c2*1-2-7-14-12-16-10-6-11-17(18(16)13-14)15-8-4-3-5-9-15;1-3-2;;;/h2*3-6,8-13H,2,7H2,1H3;1-2H3;2*1H;/q2*-1;;;;+2/p-2. The summed E-state index contributed by atoms with van der Waals surface area (Å²) in [5, 5.41) is 5.49. The Morgan fingerprint density at radius 2 is 0.952 bits per heavy atom. The van der Waals surface area contributed by atoms with Crippen molar-refractivity contribution in [2.24, 2.45) is 0 Å². The van der Waals surface area contributed by atoms with Gasteiger partial charge in [0.25, 0.3) is 0 Å². The fraction of sp³-hybridized carbons (Fsp3) is 0.211. The summed E-state index contributed by atoms with van der Waals surface area (Å²) >= 11 is -1.65. The van der Waals surface area contributed by atoms with Crippen molar-refractivity contribution < 1.29 is 18.0 Å². The molecule has 0 unspecified atom stereocenters. The number of hydrogen-bond acceptors (Lipinski definition) is 0. The van der Waals surface area contributed by atoms with Gasteiger partial charge in [-0.15, -0.1) is 69.1 Å². The topological polar surface area (TPSA) is 0 Å². The van der Waals surface area contributed by atoms with E-state index in [1.807, 2.05) is 0 Å². The molecule has 0 aliphatic carbocycles. The van der Waals surface area contributed by atoms with Gasteiger partial charge in [0.15, 0.2) is 0 Å². The van der Waals surface area contributed by atoms with Crippen LogP contribution in [0.3, 0.4) is 0 Å². The molecule has 0 saturated heterocycles. The van der Waals surface area contributed by atoms with Crippen LogP contribution >= 0.6 is 17.0 Å². The normalized spacial score (nSPS) is 10.5. The maximum absolute atomic E-state index is 5.62. The SMILES string of the molecule is CCCc1cc2c(-c3ccccc3)cccc2[cH-]1.CCCc1cc2c(-c3ccccc3)cccc2[cH-]1.C[Si](C)=[Zr]([Cl])[Cl]. The first-order valence-corrected chi connectivity index (χ1v) is 27.4. The van der Waals surface area contributed by atoms with Gasteiger partial charge in [-0.05, 0) is 24.0 Å². The average Bonchev–Trinajstić information content (AvgIpc) is 3.62. The van der Waals surface area contributed by atoms with E-state index in [1.165, 1.54) is 80.6 Å². The van der Waals surface area contributed by atoms with Crippen LogP contribution < -0.4 is 0 Å². The van der Waals surface area contributed by atoms with E-state index in [2.05, 4.69) is 148 Å². The predicted molar refractivity (Wildman–Crippen MR) is 187 cm³/mol. The second kappa shape index (κ2) is 16.6. The van der Waals surface area contributed by atoms with E-state index in [0.29, 0.717) is 0 Å². The van der Waals surface area contributed by atoms with Gasteiger partial charge in [-0.3, -0.25) is 0 Å². The Morgan fingerprint density at radius 3 is 1.29 bits per heavy atom. The van der Waals surface area contributed by atoms with Gasteiger partial charge in [-0.2, -0.15) is 12.1 Å². The summed E-state index contributed by atoms with van der Waals surface area (Å²) in [6.45, 7) is 8.80. The Morgan fingerprint density at radius 1 is 0.571 bits per heavy atom. The second-order valence-corrected chi connectivity index (χ2v) is 33.8. The molecule has 0 fully saturated rings. The third-order valence-electron chi connectivity index (χ3n) is 7.25. The molecule has 0 heterocycles. The van der Waals surface area contributed by atoms with E-state index in [1.54, 1.807) is 0 Å². The molecule has 0 radical (unpaired) electrons. The van der Waals surface area contributed by atoms with Crippen molar-refractivity contribution in [2.75, 3.05) is 0 Å². The number of aryl methyl sites for hydroxylation is 2. The molecule has 4 heteroatoms. The fourth-order valence-electron chi connectivity index (χ4n) is 5.20. The monoisotopic (exact) mass is 684 g/mol. The van der Waals surface area contributed by atoms with Crippen LogP contribution in [0.2, 0.25) is 13.1 Å². The van der Waals surface area contributed by atoms with Crippen LogP contribution in [0, 0.1) is 0 Å². The Hall–Kier alpha value is -2.22. The molecule has 0 N–H and O–H groups in total. The number of benzene rings is 4. The van der Waals surface area contributed by atoms with Crippen molar-refractivity contribution in [3.8, 4) is 22.3 Å². The van der Waals surface area contributed by atoms with Crippen LogP contribution in [-0.4, -0.2) is 5.43 Å². The zero-order valence-electron chi connectivity index (χ0n) is 25.1. The molecule has 0 saturated carbocycles. The number of rotatable bonds is 6. The summed E-state index contributed by atoms with van der Waals surface area (Å²) in [4.78, 5) is 0. The van der Waals surface area contributed by atoms with E-state index < -0.39 is 18.0 Å². The molecule has 0 aromatic heterocycles. The van der Waals surface area contributed by atoms with E-state index in [0.717, 1.165) is 0 Å².